The summed E-state index contributed by atoms with van der Waals surface area (Å²) in [6, 6.07) is 5.64. The molecule has 1 rings (SSSR count). The van der Waals surface area contributed by atoms with Crippen molar-refractivity contribution in [3.05, 3.63) is 23.2 Å². The van der Waals surface area contributed by atoms with Crippen molar-refractivity contribution < 1.29 is 4.74 Å². The summed E-state index contributed by atoms with van der Waals surface area (Å²) in [6.07, 6.45) is 0. The molecule has 0 aliphatic heterocycles. The Bertz CT molecular complexity index is 263. The Kier molecular flexibility index (Phi) is 3.23. The minimum atomic E-state index is 0.635. The molecule has 1 N–H and O–H groups in total. The molecule has 2 nitrogen and oxygen atoms in total. The molecule has 0 fully saturated rings. The fraction of sp³-hybridized carbons (Fsp3) is 0.333. The van der Waals surface area contributed by atoms with E-state index in [1.807, 2.05) is 25.1 Å². The first kappa shape index (κ1) is 9.20. The second-order valence-electron chi connectivity index (χ2n) is 2.38. The predicted molar refractivity (Wildman–Crippen MR) is 52.2 cm³/mol. The van der Waals surface area contributed by atoms with Crippen LogP contribution in [0.3, 0.4) is 0 Å². The van der Waals surface area contributed by atoms with E-state index in [-0.39, 0.29) is 0 Å². The van der Waals surface area contributed by atoms with Crippen molar-refractivity contribution >= 4 is 17.3 Å². The second-order valence-corrected chi connectivity index (χ2v) is 2.79. The van der Waals surface area contributed by atoms with Crippen LogP contribution in [0.15, 0.2) is 18.2 Å². The Hall–Kier alpha value is -0.890. The maximum atomic E-state index is 5.90. The van der Waals surface area contributed by atoms with Crippen LogP contribution in [0.4, 0.5) is 5.69 Å². The fourth-order valence-corrected chi connectivity index (χ4v) is 1.24. The average Bonchev–Trinajstić information content (AvgIpc) is 2.05. The molecule has 1 aromatic carbocycles. The largest absolute Gasteiger partial charge is 0.495 e. The molecule has 1 aromatic rings. The molecule has 66 valence electrons. The summed E-state index contributed by atoms with van der Waals surface area (Å²) in [5.74, 6) is 0.707. The first-order valence-corrected chi connectivity index (χ1v) is 4.23. The Morgan fingerprint density at radius 3 is 2.75 bits per heavy atom. The van der Waals surface area contributed by atoms with Gasteiger partial charge in [-0.15, -0.1) is 0 Å². The molecular formula is C9H12ClNO. The zero-order valence-corrected chi connectivity index (χ0v) is 7.98. The van der Waals surface area contributed by atoms with Gasteiger partial charge in [0.25, 0.3) is 0 Å². The van der Waals surface area contributed by atoms with Crippen molar-refractivity contribution in [3.63, 3.8) is 0 Å². The zero-order chi connectivity index (χ0) is 8.97. The van der Waals surface area contributed by atoms with E-state index in [1.54, 1.807) is 7.11 Å². The van der Waals surface area contributed by atoms with E-state index >= 15 is 0 Å². The van der Waals surface area contributed by atoms with Gasteiger partial charge in [-0.2, -0.15) is 0 Å². The SMILES string of the molecule is CCNc1ccc(OC)c(Cl)c1. The van der Waals surface area contributed by atoms with Crippen LogP contribution in [0, 0.1) is 0 Å². The molecule has 12 heavy (non-hydrogen) atoms. The van der Waals surface area contributed by atoms with Crippen molar-refractivity contribution in [2.75, 3.05) is 19.0 Å². The van der Waals surface area contributed by atoms with Crippen LogP contribution in [0.25, 0.3) is 0 Å². The third kappa shape index (κ3) is 2.05. The fourth-order valence-electron chi connectivity index (χ4n) is 0.980. The lowest BCUT2D eigenvalue weighted by atomic mass is 10.3. The summed E-state index contributed by atoms with van der Waals surface area (Å²) in [4.78, 5) is 0. The molecule has 0 aliphatic rings. The number of hydrogen-bond donors (Lipinski definition) is 1. The number of halogens is 1. The number of nitrogens with one attached hydrogen (secondary N) is 1. The van der Waals surface area contributed by atoms with Crippen LogP contribution in [0.1, 0.15) is 6.92 Å². The van der Waals surface area contributed by atoms with Gasteiger partial charge in [-0.1, -0.05) is 11.6 Å². The van der Waals surface area contributed by atoms with Gasteiger partial charge < -0.3 is 10.1 Å². The molecule has 0 heterocycles. The molecule has 0 saturated carbocycles. The molecule has 0 unspecified atom stereocenters. The van der Waals surface area contributed by atoms with E-state index in [9.17, 15) is 0 Å². The second kappa shape index (κ2) is 4.21. The number of ether oxygens (including phenoxy) is 1. The highest BCUT2D eigenvalue weighted by Crippen LogP contribution is 2.26. The van der Waals surface area contributed by atoms with E-state index < -0.39 is 0 Å². The minimum Gasteiger partial charge on any atom is -0.495 e. The van der Waals surface area contributed by atoms with Gasteiger partial charge in [-0.3, -0.25) is 0 Å². The lowest BCUT2D eigenvalue weighted by Crippen LogP contribution is -1.96. The number of benzene rings is 1. The van der Waals surface area contributed by atoms with Gasteiger partial charge in [-0.25, -0.2) is 0 Å². The van der Waals surface area contributed by atoms with Crippen LogP contribution in [-0.2, 0) is 0 Å². The average molecular weight is 186 g/mol. The standard InChI is InChI=1S/C9H12ClNO/c1-3-11-7-4-5-9(12-2)8(10)6-7/h4-6,11H,3H2,1-2H3. The minimum absolute atomic E-state index is 0.635. The lowest BCUT2D eigenvalue weighted by Gasteiger charge is -2.06. The van der Waals surface area contributed by atoms with Gasteiger partial charge >= 0.3 is 0 Å². The first-order chi connectivity index (χ1) is 5.77. The number of rotatable bonds is 3. The molecule has 0 amide bonds. The summed E-state index contributed by atoms with van der Waals surface area (Å²) >= 11 is 5.90. The zero-order valence-electron chi connectivity index (χ0n) is 7.23. The van der Waals surface area contributed by atoms with Crippen LogP contribution in [0.2, 0.25) is 5.02 Å². The van der Waals surface area contributed by atoms with Crippen molar-refractivity contribution in [3.8, 4) is 5.75 Å². The Balaban J connectivity index is 2.86. The van der Waals surface area contributed by atoms with Gasteiger partial charge in [0.05, 0.1) is 12.1 Å². The molecule has 0 saturated heterocycles. The van der Waals surface area contributed by atoms with Crippen LogP contribution >= 0.6 is 11.6 Å². The third-order valence-electron chi connectivity index (χ3n) is 1.53. The lowest BCUT2D eigenvalue weighted by molar-refractivity contribution is 0.415. The topological polar surface area (TPSA) is 21.3 Å². The number of methoxy groups -OCH3 is 1. The van der Waals surface area contributed by atoms with E-state index in [1.165, 1.54) is 0 Å². The maximum Gasteiger partial charge on any atom is 0.137 e. The molecule has 3 heteroatoms. The predicted octanol–water partition coefficient (Wildman–Crippen LogP) is 2.78. The summed E-state index contributed by atoms with van der Waals surface area (Å²) in [7, 11) is 1.61. The van der Waals surface area contributed by atoms with Crippen LogP contribution in [-0.4, -0.2) is 13.7 Å². The van der Waals surface area contributed by atoms with Crippen molar-refractivity contribution in [2.24, 2.45) is 0 Å². The molecular weight excluding hydrogens is 174 g/mol. The monoisotopic (exact) mass is 185 g/mol. The molecule has 0 radical (unpaired) electrons. The molecule has 0 aromatic heterocycles. The Labute approximate surface area is 77.5 Å². The summed E-state index contributed by atoms with van der Waals surface area (Å²) in [5.41, 5.74) is 1.02. The van der Waals surface area contributed by atoms with Crippen molar-refractivity contribution in [1.82, 2.24) is 0 Å². The summed E-state index contributed by atoms with van der Waals surface area (Å²) < 4.78 is 5.02. The molecule has 0 spiro atoms. The van der Waals surface area contributed by atoms with Gasteiger partial charge in [0.2, 0.25) is 0 Å². The van der Waals surface area contributed by atoms with Crippen LogP contribution in [0.5, 0.6) is 5.75 Å². The quantitative estimate of drug-likeness (QED) is 0.782. The molecule has 0 bridgehead atoms. The number of hydrogen-bond acceptors (Lipinski definition) is 2. The highest BCUT2D eigenvalue weighted by atomic mass is 35.5. The smallest absolute Gasteiger partial charge is 0.137 e. The summed E-state index contributed by atoms with van der Waals surface area (Å²) in [6.45, 7) is 2.93. The highest BCUT2D eigenvalue weighted by molar-refractivity contribution is 6.32. The van der Waals surface area contributed by atoms with Gasteiger partial charge in [-0.05, 0) is 25.1 Å². The van der Waals surface area contributed by atoms with E-state index in [0.717, 1.165) is 12.2 Å². The van der Waals surface area contributed by atoms with Crippen molar-refractivity contribution in [1.29, 1.82) is 0 Å². The Morgan fingerprint density at radius 1 is 1.50 bits per heavy atom. The Morgan fingerprint density at radius 2 is 2.25 bits per heavy atom. The molecule has 0 atom stereocenters. The van der Waals surface area contributed by atoms with Gasteiger partial charge in [0.15, 0.2) is 0 Å². The summed E-state index contributed by atoms with van der Waals surface area (Å²) in [5, 5.41) is 3.79. The first-order valence-electron chi connectivity index (χ1n) is 3.85. The van der Waals surface area contributed by atoms with E-state index in [0.29, 0.717) is 10.8 Å². The van der Waals surface area contributed by atoms with Gasteiger partial charge in [0.1, 0.15) is 5.75 Å². The highest BCUT2D eigenvalue weighted by Gasteiger charge is 1.99. The number of anilines is 1. The third-order valence-corrected chi connectivity index (χ3v) is 1.83. The van der Waals surface area contributed by atoms with Gasteiger partial charge in [0, 0.05) is 12.2 Å². The van der Waals surface area contributed by atoms with E-state index in [4.69, 9.17) is 16.3 Å². The normalized spacial score (nSPS) is 9.58. The maximum absolute atomic E-state index is 5.90. The van der Waals surface area contributed by atoms with E-state index in [2.05, 4.69) is 5.32 Å². The molecule has 0 aliphatic carbocycles. The van der Waals surface area contributed by atoms with Crippen molar-refractivity contribution in [2.45, 2.75) is 6.92 Å². The van der Waals surface area contributed by atoms with Crippen LogP contribution < -0.4 is 10.1 Å².